The molecule has 2 bridgehead atoms. The number of hydrogen-bond donors (Lipinski definition) is 0. The van der Waals surface area contributed by atoms with Crippen molar-refractivity contribution in [1.29, 1.82) is 0 Å². The maximum absolute atomic E-state index is 6.41. The highest BCUT2D eigenvalue weighted by Gasteiger charge is 2.44. The van der Waals surface area contributed by atoms with E-state index in [4.69, 9.17) is 4.74 Å². The van der Waals surface area contributed by atoms with Crippen LogP contribution in [0.3, 0.4) is 0 Å². The van der Waals surface area contributed by atoms with Crippen LogP contribution in [-0.4, -0.2) is 30.6 Å². The van der Waals surface area contributed by atoms with Gasteiger partial charge in [0.05, 0.1) is 5.69 Å². The van der Waals surface area contributed by atoms with Gasteiger partial charge in [-0.3, -0.25) is 0 Å². The van der Waals surface area contributed by atoms with E-state index in [9.17, 15) is 0 Å². The molecule has 0 saturated carbocycles. The topological polar surface area (TPSA) is 15.7 Å². The molecule has 0 amide bonds. The van der Waals surface area contributed by atoms with Gasteiger partial charge in [-0.15, -0.1) is 0 Å². The van der Waals surface area contributed by atoms with Gasteiger partial charge in [0.15, 0.2) is 6.23 Å². The number of ether oxygens (including phenoxy) is 1. The van der Waals surface area contributed by atoms with E-state index in [1.54, 1.807) is 0 Å². The third kappa shape index (κ3) is 2.35. The monoisotopic (exact) mass is 384 g/mol. The lowest BCUT2D eigenvalue weighted by Crippen LogP contribution is -2.57. The summed E-state index contributed by atoms with van der Waals surface area (Å²) >= 11 is 3.64. The Morgan fingerprint density at radius 3 is 2.50 bits per heavy atom. The van der Waals surface area contributed by atoms with Gasteiger partial charge in [-0.05, 0) is 50.0 Å². The first-order valence-corrected chi connectivity index (χ1v) is 9.61. The molecule has 0 spiro atoms. The molecule has 2 atom stereocenters. The third-order valence-electron chi connectivity index (χ3n) is 5.75. The van der Waals surface area contributed by atoms with E-state index in [-0.39, 0.29) is 6.23 Å². The Kier molecular flexibility index (Phi) is 3.56. The summed E-state index contributed by atoms with van der Waals surface area (Å²) in [5, 5.41) is 0. The van der Waals surface area contributed by atoms with Crippen LogP contribution in [0.5, 0.6) is 5.75 Å². The summed E-state index contributed by atoms with van der Waals surface area (Å²) in [5.74, 6) is 1.78. The third-order valence-corrected chi connectivity index (χ3v) is 6.25. The van der Waals surface area contributed by atoms with Crippen molar-refractivity contribution in [1.82, 2.24) is 4.90 Å². The number of hydrogen-bond acceptors (Lipinski definition) is 3. The molecule has 4 heteroatoms. The Balaban J connectivity index is 1.58. The molecular weight excluding hydrogens is 364 g/mol. The Hall–Kier alpha value is -1.52. The van der Waals surface area contributed by atoms with Crippen LogP contribution in [0, 0.1) is 5.92 Å². The fourth-order valence-corrected chi connectivity index (χ4v) is 4.89. The summed E-state index contributed by atoms with van der Waals surface area (Å²) in [7, 11) is 0. The summed E-state index contributed by atoms with van der Waals surface area (Å²) in [4.78, 5) is 5.16. The Morgan fingerprint density at radius 2 is 1.79 bits per heavy atom. The molecule has 4 aliphatic rings. The van der Waals surface area contributed by atoms with E-state index < -0.39 is 0 Å². The molecule has 2 aromatic rings. The van der Waals surface area contributed by atoms with Gasteiger partial charge in [-0.2, -0.15) is 0 Å². The average Bonchev–Trinajstić information content (AvgIpc) is 3.02. The highest BCUT2D eigenvalue weighted by Crippen LogP contribution is 2.48. The van der Waals surface area contributed by atoms with Crippen LogP contribution in [0.25, 0.3) is 0 Å². The zero-order valence-electron chi connectivity index (χ0n) is 13.6. The standard InChI is InChI=1S/C20H21BrN2O/c21-16-6-7-19-17(12-16)23(18-13-22-10-8-14(18)9-11-22)20(24-19)15-4-2-1-3-5-15/h1-7,12,14,18,20H,8-11,13H2. The molecule has 24 heavy (non-hydrogen) atoms. The maximum atomic E-state index is 6.41. The second-order valence-electron chi connectivity index (χ2n) is 7.11. The van der Waals surface area contributed by atoms with E-state index in [1.165, 1.54) is 37.2 Å². The van der Waals surface area contributed by atoms with Gasteiger partial charge in [0.2, 0.25) is 0 Å². The van der Waals surface area contributed by atoms with Gasteiger partial charge in [0, 0.05) is 22.6 Å². The Morgan fingerprint density at radius 1 is 1.00 bits per heavy atom. The molecule has 124 valence electrons. The molecular formula is C20H21BrN2O. The molecule has 2 aromatic carbocycles. The molecule has 0 aliphatic carbocycles. The molecule has 0 N–H and O–H groups in total. The lowest BCUT2D eigenvalue weighted by atomic mass is 9.82. The molecule has 4 heterocycles. The van der Waals surface area contributed by atoms with Crippen LogP contribution in [0.15, 0.2) is 53.0 Å². The number of benzene rings is 2. The second kappa shape index (κ2) is 5.78. The van der Waals surface area contributed by atoms with Gasteiger partial charge in [-0.25, -0.2) is 0 Å². The van der Waals surface area contributed by atoms with Gasteiger partial charge in [0.1, 0.15) is 5.75 Å². The van der Waals surface area contributed by atoms with E-state index in [2.05, 4.69) is 74.3 Å². The minimum absolute atomic E-state index is 0.0129. The number of piperidine rings is 3. The Labute approximate surface area is 151 Å². The highest BCUT2D eigenvalue weighted by atomic mass is 79.9. The van der Waals surface area contributed by atoms with Crippen molar-refractivity contribution in [3.63, 3.8) is 0 Å². The lowest BCUT2D eigenvalue weighted by molar-refractivity contribution is 0.0700. The minimum Gasteiger partial charge on any atom is -0.464 e. The predicted octanol–water partition coefficient (Wildman–Crippen LogP) is 4.44. The first-order valence-electron chi connectivity index (χ1n) is 8.81. The molecule has 3 fully saturated rings. The van der Waals surface area contributed by atoms with Crippen LogP contribution in [0.1, 0.15) is 24.6 Å². The SMILES string of the molecule is Brc1ccc2c(c1)N(C1CN3CCC1CC3)C(c1ccccc1)O2. The first kappa shape index (κ1) is 14.8. The van der Waals surface area contributed by atoms with Crippen molar-refractivity contribution in [2.45, 2.75) is 25.1 Å². The van der Waals surface area contributed by atoms with Crippen molar-refractivity contribution in [3.05, 3.63) is 58.6 Å². The van der Waals surface area contributed by atoms with Crippen LogP contribution < -0.4 is 9.64 Å². The largest absolute Gasteiger partial charge is 0.464 e. The number of anilines is 1. The zero-order chi connectivity index (χ0) is 16.1. The molecule has 3 saturated heterocycles. The summed E-state index contributed by atoms with van der Waals surface area (Å²) in [6.45, 7) is 3.68. The molecule has 0 aromatic heterocycles. The molecule has 0 radical (unpaired) electrons. The van der Waals surface area contributed by atoms with Crippen molar-refractivity contribution in [2.24, 2.45) is 5.92 Å². The summed E-state index contributed by atoms with van der Waals surface area (Å²) in [6.07, 6.45) is 2.61. The lowest BCUT2D eigenvalue weighted by Gasteiger charge is -2.49. The van der Waals surface area contributed by atoms with E-state index >= 15 is 0 Å². The first-order chi connectivity index (χ1) is 11.8. The van der Waals surface area contributed by atoms with Gasteiger partial charge in [-0.1, -0.05) is 46.3 Å². The molecule has 2 unspecified atom stereocenters. The molecule has 6 rings (SSSR count). The van der Waals surface area contributed by atoms with Gasteiger partial charge < -0.3 is 14.5 Å². The Bertz CT molecular complexity index is 743. The van der Waals surface area contributed by atoms with E-state index in [0.29, 0.717) is 6.04 Å². The van der Waals surface area contributed by atoms with Crippen molar-refractivity contribution < 1.29 is 4.74 Å². The number of nitrogens with zero attached hydrogens (tertiary/aromatic N) is 2. The average molecular weight is 385 g/mol. The molecule has 3 nitrogen and oxygen atoms in total. The maximum Gasteiger partial charge on any atom is 0.199 e. The van der Waals surface area contributed by atoms with Crippen LogP contribution in [0.2, 0.25) is 0 Å². The minimum atomic E-state index is -0.0129. The van der Waals surface area contributed by atoms with E-state index in [1.807, 2.05) is 0 Å². The normalized spacial score (nSPS) is 31.0. The van der Waals surface area contributed by atoms with Crippen molar-refractivity contribution >= 4 is 21.6 Å². The summed E-state index contributed by atoms with van der Waals surface area (Å²) < 4.78 is 7.52. The number of fused-ring (bicyclic) bond motifs is 4. The smallest absolute Gasteiger partial charge is 0.199 e. The fraction of sp³-hybridized carbons (Fsp3) is 0.400. The number of halogens is 1. The van der Waals surface area contributed by atoms with E-state index in [0.717, 1.165) is 22.7 Å². The quantitative estimate of drug-likeness (QED) is 0.760. The van der Waals surface area contributed by atoms with Gasteiger partial charge in [0.25, 0.3) is 0 Å². The highest BCUT2D eigenvalue weighted by molar-refractivity contribution is 9.10. The van der Waals surface area contributed by atoms with Crippen LogP contribution in [-0.2, 0) is 0 Å². The predicted molar refractivity (Wildman–Crippen MR) is 99.4 cm³/mol. The summed E-state index contributed by atoms with van der Waals surface area (Å²) in [6, 6.07) is 17.6. The molecule has 4 aliphatic heterocycles. The van der Waals surface area contributed by atoms with Crippen molar-refractivity contribution in [3.8, 4) is 5.75 Å². The number of rotatable bonds is 2. The van der Waals surface area contributed by atoms with Crippen LogP contribution >= 0.6 is 15.9 Å². The van der Waals surface area contributed by atoms with Crippen LogP contribution in [0.4, 0.5) is 5.69 Å². The summed E-state index contributed by atoms with van der Waals surface area (Å²) in [5.41, 5.74) is 2.47. The fourth-order valence-electron chi connectivity index (χ4n) is 4.54. The zero-order valence-corrected chi connectivity index (χ0v) is 15.2. The second-order valence-corrected chi connectivity index (χ2v) is 8.02. The van der Waals surface area contributed by atoms with Crippen molar-refractivity contribution in [2.75, 3.05) is 24.5 Å². The van der Waals surface area contributed by atoms with Gasteiger partial charge >= 0.3 is 0 Å².